The van der Waals surface area contributed by atoms with Crippen LogP contribution in [-0.4, -0.2) is 23.2 Å². The average Bonchev–Trinajstić information content (AvgIpc) is 2.16. The molecule has 1 aliphatic rings. The van der Waals surface area contributed by atoms with Gasteiger partial charge >= 0.3 is 5.97 Å². The summed E-state index contributed by atoms with van der Waals surface area (Å²) < 4.78 is 18.4. The van der Waals surface area contributed by atoms with Crippen LogP contribution in [0.25, 0.3) is 0 Å². The van der Waals surface area contributed by atoms with Crippen molar-refractivity contribution >= 4 is 11.7 Å². The molecule has 0 amide bonds. The maximum atomic E-state index is 13.3. The second kappa shape index (κ2) is 3.42. The summed E-state index contributed by atoms with van der Waals surface area (Å²) in [5.74, 6) is -1.69. The molecule has 0 bridgehead atoms. The first-order valence-electron chi connectivity index (χ1n) is 4.54. The lowest BCUT2D eigenvalue weighted by molar-refractivity contribution is -0.145. The third-order valence-corrected chi connectivity index (χ3v) is 2.29. The van der Waals surface area contributed by atoms with Gasteiger partial charge in [0.25, 0.3) is 0 Å². The zero-order valence-corrected chi connectivity index (χ0v) is 8.03. The Morgan fingerprint density at radius 2 is 2.33 bits per heavy atom. The number of hydrogen-bond acceptors (Lipinski definition) is 3. The maximum Gasteiger partial charge on any atom is 0.347 e. The Morgan fingerprint density at radius 3 is 3.00 bits per heavy atom. The van der Waals surface area contributed by atoms with Crippen molar-refractivity contribution in [3.8, 4) is 5.75 Å². The molecule has 2 N–H and O–H groups in total. The molecule has 2 rings (SSSR count). The molecule has 1 aliphatic heterocycles. The normalized spacial score (nSPS) is 23.6. The van der Waals surface area contributed by atoms with Gasteiger partial charge < -0.3 is 15.2 Å². The number of benzene rings is 1. The van der Waals surface area contributed by atoms with E-state index in [4.69, 9.17) is 9.84 Å². The zero-order chi connectivity index (χ0) is 11.0. The van der Waals surface area contributed by atoms with Gasteiger partial charge in [-0.3, -0.25) is 0 Å². The predicted octanol–water partition coefficient (Wildman–Crippen LogP) is 1.47. The second-order valence-corrected chi connectivity index (χ2v) is 3.43. The van der Waals surface area contributed by atoms with Crippen molar-refractivity contribution in [3.05, 3.63) is 24.0 Å². The van der Waals surface area contributed by atoms with Crippen LogP contribution >= 0.6 is 0 Å². The maximum absolute atomic E-state index is 13.3. The molecule has 0 spiro atoms. The lowest BCUT2D eigenvalue weighted by Crippen LogP contribution is -2.45. The highest BCUT2D eigenvalue weighted by Gasteiger charge is 2.33. The van der Waals surface area contributed by atoms with Gasteiger partial charge in [0.1, 0.15) is 0 Å². The summed E-state index contributed by atoms with van der Waals surface area (Å²) in [6.45, 7) is 1.67. The van der Waals surface area contributed by atoms with Crippen molar-refractivity contribution in [2.24, 2.45) is 0 Å². The van der Waals surface area contributed by atoms with E-state index < -0.39 is 23.9 Å². The summed E-state index contributed by atoms with van der Waals surface area (Å²) in [4.78, 5) is 10.8. The lowest BCUT2D eigenvalue weighted by Gasteiger charge is -2.30. The van der Waals surface area contributed by atoms with Crippen LogP contribution in [0.4, 0.5) is 10.1 Å². The molecule has 0 saturated carbocycles. The van der Waals surface area contributed by atoms with Gasteiger partial charge in [-0.1, -0.05) is 6.07 Å². The number of halogens is 1. The van der Waals surface area contributed by atoms with Crippen LogP contribution in [0.3, 0.4) is 0 Å². The van der Waals surface area contributed by atoms with Gasteiger partial charge in [-0.25, -0.2) is 9.18 Å². The summed E-state index contributed by atoms with van der Waals surface area (Å²) >= 11 is 0. The van der Waals surface area contributed by atoms with Crippen LogP contribution in [0.15, 0.2) is 18.2 Å². The van der Waals surface area contributed by atoms with Crippen molar-refractivity contribution in [3.63, 3.8) is 0 Å². The van der Waals surface area contributed by atoms with Crippen molar-refractivity contribution < 1.29 is 19.0 Å². The first-order chi connectivity index (χ1) is 7.09. The summed E-state index contributed by atoms with van der Waals surface area (Å²) in [6.07, 6.45) is -1.06. The molecule has 0 radical (unpaired) electrons. The minimum Gasteiger partial charge on any atom is -0.478 e. The van der Waals surface area contributed by atoms with E-state index in [1.54, 1.807) is 19.1 Å². The van der Waals surface area contributed by atoms with Crippen LogP contribution in [-0.2, 0) is 4.79 Å². The number of carboxylic acids is 1. The number of carbonyl (C=O) groups is 1. The summed E-state index contributed by atoms with van der Waals surface area (Å²) in [6, 6.07) is 4.03. The highest BCUT2D eigenvalue weighted by Crippen LogP contribution is 2.33. The molecular formula is C10H10FNO3. The number of hydrogen-bond donors (Lipinski definition) is 2. The molecule has 0 aromatic heterocycles. The molecule has 5 heteroatoms. The smallest absolute Gasteiger partial charge is 0.347 e. The second-order valence-electron chi connectivity index (χ2n) is 3.43. The van der Waals surface area contributed by atoms with Gasteiger partial charge in [-0.15, -0.1) is 0 Å². The van der Waals surface area contributed by atoms with Crippen LogP contribution in [0.5, 0.6) is 5.75 Å². The van der Waals surface area contributed by atoms with Crippen molar-refractivity contribution in [1.29, 1.82) is 0 Å². The molecule has 2 atom stereocenters. The topological polar surface area (TPSA) is 58.6 Å². The van der Waals surface area contributed by atoms with E-state index in [0.29, 0.717) is 5.69 Å². The van der Waals surface area contributed by atoms with Crippen molar-refractivity contribution in [1.82, 2.24) is 0 Å². The third-order valence-electron chi connectivity index (χ3n) is 2.29. The number of anilines is 1. The number of carboxylic acid groups (broad SMARTS) is 1. The first kappa shape index (κ1) is 9.76. The summed E-state index contributed by atoms with van der Waals surface area (Å²) in [7, 11) is 0. The van der Waals surface area contributed by atoms with E-state index in [1.165, 1.54) is 6.07 Å². The van der Waals surface area contributed by atoms with E-state index in [2.05, 4.69) is 5.32 Å². The SMILES string of the molecule is CC1Nc2cccc(F)c2OC1C(=O)O. The van der Waals surface area contributed by atoms with Gasteiger partial charge in [0.2, 0.25) is 6.10 Å². The number of para-hydroxylation sites is 1. The van der Waals surface area contributed by atoms with E-state index in [0.717, 1.165) is 0 Å². The molecular weight excluding hydrogens is 201 g/mol. The minimum absolute atomic E-state index is 0.0250. The number of fused-ring (bicyclic) bond motifs is 1. The van der Waals surface area contributed by atoms with Crippen LogP contribution in [0.2, 0.25) is 0 Å². The largest absolute Gasteiger partial charge is 0.478 e. The molecule has 1 aromatic carbocycles. The minimum atomic E-state index is -1.11. The van der Waals surface area contributed by atoms with Crippen LogP contribution in [0, 0.1) is 5.82 Å². The van der Waals surface area contributed by atoms with E-state index >= 15 is 0 Å². The molecule has 15 heavy (non-hydrogen) atoms. The Morgan fingerprint density at radius 1 is 1.60 bits per heavy atom. The zero-order valence-electron chi connectivity index (χ0n) is 8.03. The Balaban J connectivity index is 2.39. The summed E-state index contributed by atoms with van der Waals surface area (Å²) in [5, 5.41) is 11.7. The highest BCUT2D eigenvalue weighted by atomic mass is 19.1. The van der Waals surface area contributed by atoms with Crippen LogP contribution in [0.1, 0.15) is 6.92 Å². The Hall–Kier alpha value is -1.78. The van der Waals surface area contributed by atoms with Crippen molar-refractivity contribution in [2.45, 2.75) is 19.1 Å². The predicted molar refractivity (Wildman–Crippen MR) is 51.5 cm³/mol. The molecule has 1 heterocycles. The van der Waals surface area contributed by atoms with Gasteiger partial charge in [0, 0.05) is 0 Å². The quantitative estimate of drug-likeness (QED) is 0.738. The van der Waals surface area contributed by atoms with Crippen LogP contribution < -0.4 is 10.1 Å². The van der Waals surface area contributed by atoms with Gasteiger partial charge in [-0.05, 0) is 19.1 Å². The molecule has 4 nitrogen and oxygen atoms in total. The molecule has 0 fully saturated rings. The standard InChI is InChI=1S/C10H10FNO3/c1-5-8(10(13)14)15-9-6(11)3-2-4-7(9)12-5/h2-5,8,12H,1H3,(H,13,14). The molecule has 1 aromatic rings. The average molecular weight is 211 g/mol. The van der Waals surface area contributed by atoms with E-state index in [-0.39, 0.29) is 5.75 Å². The number of aliphatic carboxylic acids is 1. The molecule has 80 valence electrons. The fraction of sp³-hybridized carbons (Fsp3) is 0.300. The van der Waals surface area contributed by atoms with Crippen molar-refractivity contribution in [2.75, 3.05) is 5.32 Å². The van der Waals surface area contributed by atoms with E-state index in [1.807, 2.05) is 0 Å². The highest BCUT2D eigenvalue weighted by molar-refractivity contribution is 5.76. The Labute approximate surface area is 85.7 Å². The van der Waals surface area contributed by atoms with Gasteiger partial charge in [0.05, 0.1) is 11.7 Å². The monoisotopic (exact) mass is 211 g/mol. The number of nitrogens with one attached hydrogen (secondary N) is 1. The molecule has 2 unspecified atom stereocenters. The summed E-state index contributed by atoms with van der Waals surface area (Å²) in [5.41, 5.74) is 0.486. The fourth-order valence-corrected chi connectivity index (χ4v) is 1.56. The van der Waals surface area contributed by atoms with Gasteiger partial charge in [0.15, 0.2) is 11.6 Å². The number of rotatable bonds is 1. The van der Waals surface area contributed by atoms with Gasteiger partial charge in [-0.2, -0.15) is 0 Å². The number of ether oxygens (including phenoxy) is 1. The Kier molecular flexibility index (Phi) is 2.22. The fourth-order valence-electron chi connectivity index (χ4n) is 1.56. The lowest BCUT2D eigenvalue weighted by atomic mass is 10.1. The third kappa shape index (κ3) is 1.60. The molecule has 0 aliphatic carbocycles. The van der Waals surface area contributed by atoms with E-state index in [9.17, 15) is 9.18 Å². The first-order valence-corrected chi connectivity index (χ1v) is 4.54. The molecule has 0 saturated heterocycles. The Bertz CT molecular complexity index is 408.